The molecule has 146 valence electrons. The molecule has 1 aliphatic heterocycles. The Bertz CT molecular complexity index is 1040. The maximum Gasteiger partial charge on any atom is 0.271 e. The SMILES string of the molecule is COc1ccc(N2C(=O)[C@H](Oc3ccccc3)[C@@H]2c2cccc([N+](=O)[O-])c2)cc1. The minimum absolute atomic E-state index is 0.0324. The fourth-order valence-electron chi connectivity index (χ4n) is 3.40. The van der Waals surface area contributed by atoms with Gasteiger partial charge in [-0.1, -0.05) is 30.3 Å². The lowest BCUT2D eigenvalue weighted by atomic mass is 9.89. The lowest BCUT2D eigenvalue weighted by molar-refractivity contribution is -0.384. The van der Waals surface area contributed by atoms with Crippen LogP contribution in [0.15, 0.2) is 78.9 Å². The second kappa shape index (κ2) is 7.63. The van der Waals surface area contributed by atoms with Gasteiger partial charge in [0.25, 0.3) is 11.6 Å². The largest absolute Gasteiger partial charge is 0.497 e. The number of para-hydroxylation sites is 1. The molecule has 4 rings (SSSR count). The van der Waals surface area contributed by atoms with Gasteiger partial charge in [-0.25, -0.2) is 0 Å². The minimum atomic E-state index is -0.776. The predicted molar refractivity (Wildman–Crippen MR) is 107 cm³/mol. The maximum absolute atomic E-state index is 13.0. The first-order valence-corrected chi connectivity index (χ1v) is 9.01. The smallest absolute Gasteiger partial charge is 0.271 e. The van der Waals surface area contributed by atoms with Crippen molar-refractivity contribution < 1.29 is 19.2 Å². The molecule has 7 nitrogen and oxygen atoms in total. The lowest BCUT2D eigenvalue weighted by Gasteiger charge is -2.46. The molecule has 1 saturated heterocycles. The standard InChI is InChI=1S/C22H18N2O5/c1-28-18-12-10-16(11-13-18)23-20(15-6-5-7-17(14-15)24(26)27)21(22(23)25)29-19-8-3-2-4-9-19/h2-14,20-21H,1H3/t20-,21+/m0/s1. The summed E-state index contributed by atoms with van der Waals surface area (Å²) in [5.41, 5.74) is 1.27. The molecular weight excluding hydrogens is 372 g/mol. The van der Waals surface area contributed by atoms with Crippen molar-refractivity contribution in [2.24, 2.45) is 0 Å². The quantitative estimate of drug-likeness (QED) is 0.359. The van der Waals surface area contributed by atoms with Gasteiger partial charge < -0.3 is 9.47 Å². The minimum Gasteiger partial charge on any atom is -0.497 e. The number of methoxy groups -OCH3 is 1. The normalized spacial score (nSPS) is 18.1. The molecule has 0 saturated carbocycles. The van der Waals surface area contributed by atoms with Crippen LogP contribution in [0.5, 0.6) is 11.5 Å². The van der Waals surface area contributed by atoms with Gasteiger partial charge in [0, 0.05) is 17.8 Å². The van der Waals surface area contributed by atoms with E-state index in [0.717, 1.165) is 0 Å². The van der Waals surface area contributed by atoms with E-state index in [1.165, 1.54) is 12.1 Å². The zero-order valence-electron chi connectivity index (χ0n) is 15.6. The number of carbonyl (C=O) groups is 1. The third-order valence-electron chi connectivity index (χ3n) is 4.83. The van der Waals surface area contributed by atoms with Crippen molar-refractivity contribution in [1.82, 2.24) is 0 Å². The van der Waals surface area contributed by atoms with Crippen LogP contribution in [0.1, 0.15) is 11.6 Å². The molecule has 0 N–H and O–H groups in total. The molecule has 0 unspecified atom stereocenters. The van der Waals surface area contributed by atoms with Crippen molar-refractivity contribution in [2.75, 3.05) is 12.0 Å². The van der Waals surface area contributed by atoms with E-state index in [1.807, 2.05) is 18.2 Å². The lowest BCUT2D eigenvalue weighted by Crippen LogP contribution is -2.61. The molecule has 1 amide bonds. The molecule has 3 aromatic carbocycles. The number of hydrogen-bond donors (Lipinski definition) is 0. The van der Waals surface area contributed by atoms with Crippen LogP contribution in [0.2, 0.25) is 0 Å². The number of nitrogens with zero attached hydrogens (tertiary/aromatic N) is 2. The molecular formula is C22H18N2O5. The van der Waals surface area contributed by atoms with Crippen molar-refractivity contribution >= 4 is 17.3 Å². The predicted octanol–water partition coefficient (Wildman–Crippen LogP) is 4.14. The number of anilines is 1. The van der Waals surface area contributed by atoms with E-state index in [-0.39, 0.29) is 11.6 Å². The Balaban J connectivity index is 1.71. The van der Waals surface area contributed by atoms with Crippen LogP contribution in [0.25, 0.3) is 0 Å². The van der Waals surface area contributed by atoms with E-state index < -0.39 is 17.1 Å². The van der Waals surface area contributed by atoms with Crippen molar-refractivity contribution in [3.8, 4) is 11.5 Å². The zero-order valence-corrected chi connectivity index (χ0v) is 15.6. The molecule has 0 radical (unpaired) electrons. The van der Waals surface area contributed by atoms with Gasteiger partial charge in [0.1, 0.15) is 17.5 Å². The molecule has 29 heavy (non-hydrogen) atoms. The van der Waals surface area contributed by atoms with E-state index in [4.69, 9.17) is 9.47 Å². The maximum atomic E-state index is 13.0. The van der Waals surface area contributed by atoms with Crippen molar-refractivity contribution in [2.45, 2.75) is 12.1 Å². The van der Waals surface area contributed by atoms with Crippen LogP contribution >= 0.6 is 0 Å². The van der Waals surface area contributed by atoms with Gasteiger partial charge in [-0.15, -0.1) is 0 Å². The number of carbonyl (C=O) groups excluding carboxylic acids is 1. The first-order valence-electron chi connectivity index (χ1n) is 9.01. The Kier molecular flexibility index (Phi) is 4.87. The van der Waals surface area contributed by atoms with Crippen LogP contribution < -0.4 is 14.4 Å². The summed E-state index contributed by atoms with van der Waals surface area (Å²) in [5, 5.41) is 11.2. The van der Waals surface area contributed by atoms with E-state index in [2.05, 4.69) is 0 Å². The monoisotopic (exact) mass is 390 g/mol. The van der Waals surface area contributed by atoms with Crippen molar-refractivity contribution in [3.63, 3.8) is 0 Å². The van der Waals surface area contributed by atoms with Gasteiger partial charge in [-0.2, -0.15) is 0 Å². The summed E-state index contributed by atoms with van der Waals surface area (Å²) in [6.07, 6.45) is -0.776. The number of rotatable bonds is 6. The third-order valence-corrected chi connectivity index (χ3v) is 4.83. The van der Waals surface area contributed by atoms with Gasteiger partial charge in [0.05, 0.1) is 12.0 Å². The average molecular weight is 390 g/mol. The molecule has 0 bridgehead atoms. The number of non-ortho nitro benzene ring substituents is 1. The van der Waals surface area contributed by atoms with Crippen LogP contribution in [0.3, 0.4) is 0 Å². The zero-order chi connectivity index (χ0) is 20.4. The van der Waals surface area contributed by atoms with Crippen LogP contribution in [0.4, 0.5) is 11.4 Å². The molecule has 1 aliphatic rings. The summed E-state index contributed by atoms with van der Waals surface area (Å²) in [4.78, 5) is 25.3. The number of nitro benzene ring substituents is 1. The van der Waals surface area contributed by atoms with Crippen LogP contribution in [-0.2, 0) is 4.79 Å². The molecule has 0 spiro atoms. The van der Waals surface area contributed by atoms with E-state index in [0.29, 0.717) is 22.7 Å². The first-order chi connectivity index (χ1) is 14.1. The summed E-state index contributed by atoms with van der Waals surface area (Å²) in [6.45, 7) is 0. The molecule has 1 heterocycles. The number of ether oxygens (including phenoxy) is 2. The van der Waals surface area contributed by atoms with E-state index >= 15 is 0 Å². The highest BCUT2D eigenvalue weighted by Gasteiger charge is 2.51. The van der Waals surface area contributed by atoms with Crippen molar-refractivity contribution in [3.05, 3.63) is 94.5 Å². The Morgan fingerprint density at radius 2 is 1.66 bits per heavy atom. The van der Waals surface area contributed by atoms with E-state index in [9.17, 15) is 14.9 Å². The molecule has 3 aromatic rings. The Hall–Kier alpha value is -3.87. The highest BCUT2D eigenvalue weighted by atomic mass is 16.6. The Labute approximate surface area is 167 Å². The Morgan fingerprint density at radius 1 is 0.931 bits per heavy atom. The van der Waals surface area contributed by atoms with Gasteiger partial charge in [0.15, 0.2) is 0 Å². The summed E-state index contributed by atoms with van der Waals surface area (Å²) in [7, 11) is 1.57. The topological polar surface area (TPSA) is 81.9 Å². The van der Waals surface area contributed by atoms with Gasteiger partial charge in [0.2, 0.25) is 6.10 Å². The van der Waals surface area contributed by atoms with Crippen LogP contribution in [0, 0.1) is 10.1 Å². The molecule has 1 fully saturated rings. The molecule has 2 atom stereocenters. The third kappa shape index (κ3) is 3.50. The second-order valence-corrected chi connectivity index (χ2v) is 6.55. The first kappa shape index (κ1) is 18.5. The Morgan fingerprint density at radius 3 is 2.31 bits per heavy atom. The number of hydrogen-bond acceptors (Lipinski definition) is 5. The van der Waals surface area contributed by atoms with Crippen LogP contribution in [-0.4, -0.2) is 24.0 Å². The van der Waals surface area contributed by atoms with Gasteiger partial charge >= 0.3 is 0 Å². The summed E-state index contributed by atoms with van der Waals surface area (Å²) >= 11 is 0. The average Bonchev–Trinajstić information content (AvgIpc) is 2.76. The summed E-state index contributed by atoms with van der Waals surface area (Å²) in [6, 6.07) is 21.9. The summed E-state index contributed by atoms with van der Waals surface area (Å²) < 4.78 is 11.1. The molecule has 7 heteroatoms. The van der Waals surface area contributed by atoms with Gasteiger partial charge in [-0.05, 0) is 42.0 Å². The van der Waals surface area contributed by atoms with Gasteiger partial charge in [-0.3, -0.25) is 19.8 Å². The fourth-order valence-corrected chi connectivity index (χ4v) is 3.40. The van der Waals surface area contributed by atoms with Crippen molar-refractivity contribution in [1.29, 1.82) is 0 Å². The molecule has 0 aliphatic carbocycles. The number of amides is 1. The summed E-state index contributed by atoms with van der Waals surface area (Å²) in [5.74, 6) is 1.02. The van der Waals surface area contributed by atoms with E-state index in [1.54, 1.807) is 60.5 Å². The number of β-lactam (4-membered cyclic amide) rings is 1. The number of benzene rings is 3. The highest BCUT2D eigenvalue weighted by molar-refractivity contribution is 6.05. The highest BCUT2D eigenvalue weighted by Crippen LogP contribution is 2.42. The second-order valence-electron chi connectivity index (χ2n) is 6.55. The number of nitro groups is 1. The fraction of sp³-hybridized carbons (Fsp3) is 0.136. The molecule has 0 aromatic heterocycles.